The largest absolute Gasteiger partial charge is 0.355 e. The van der Waals surface area contributed by atoms with Gasteiger partial charge in [-0.3, -0.25) is 9.59 Å². The van der Waals surface area contributed by atoms with Gasteiger partial charge < -0.3 is 10.2 Å². The number of nitrogens with one attached hydrogen (secondary N) is 1. The number of nitrogens with zero attached hydrogens (tertiary/aromatic N) is 1. The summed E-state index contributed by atoms with van der Waals surface area (Å²) in [6.07, 6.45) is 8.82. The second kappa shape index (κ2) is 6.99. The van der Waals surface area contributed by atoms with Gasteiger partial charge in [-0.25, -0.2) is 0 Å². The van der Waals surface area contributed by atoms with Crippen molar-refractivity contribution in [2.45, 2.75) is 92.0 Å². The van der Waals surface area contributed by atoms with Crippen molar-refractivity contribution in [3.05, 3.63) is 0 Å². The summed E-state index contributed by atoms with van der Waals surface area (Å²) < 4.78 is 0. The van der Waals surface area contributed by atoms with Gasteiger partial charge >= 0.3 is 0 Å². The summed E-state index contributed by atoms with van der Waals surface area (Å²) >= 11 is 0. The van der Waals surface area contributed by atoms with Crippen LogP contribution in [0, 0.1) is 39.9 Å². The van der Waals surface area contributed by atoms with Gasteiger partial charge in [0.25, 0.3) is 0 Å². The van der Waals surface area contributed by atoms with Crippen LogP contribution in [0.1, 0.15) is 86.0 Å². The average molecular weight is 403 g/mol. The Balaban J connectivity index is 1.52. The lowest BCUT2D eigenvalue weighted by Crippen LogP contribution is -2.61. The first-order chi connectivity index (χ1) is 13.5. The predicted octanol–water partition coefficient (Wildman–Crippen LogP) is 4.63. The van der Waals surface area contributed by atoms with Crippen LogP contribution in [0.2, 0.25) is 0 Å². The molecule has 1 heterocycles. The van der Waals surface area contributed by atoms with E-state index >= 15 is 0 Å². The molecule has 7 atom stereocenters. The molecule has 1 saturated heterocycles. The molecule has 1 N–H and O–H groups in total. The molecular weight excluding hydrogens is 360 g/mol. The van der Waals surface area contributed by atoms with E-state index in [2.05, 4.69) is 44.8 Å². The fourth-order valence-electron chi connectivity index (χ4n) is 8.06. The van der Waals surface area contributed by atoms with E-state index in [0.29, 0.717) is 36.1 Å². The second-order valence-electron chi connectivity index (χ2n) is 12.4. The highest BCUT2D eigenvalue weighted by molar-refractivity contribution is 5.80. The molecule has 2 unspecified atom stereocenters. The Morgan fingerprint density at radius 1 is 1.03 bits per heavy atom. The minimum atomic E-state index is 0.129. The van der Waals surface area contributed by atoms with E-state index in [1.807, 2.05) is 7.05 Å². The van der Waals surface area contributed by atoms with Crippen molar-refractivity contribution >= 4 is 11.8 Å². The van der Waals surface area contributed by atoms with Crippen LogP contribution in [0.3, 0.4) is 0 Å². The average Bonchev–Trinajstić information content (AvgIpc) is 3.00. The molecule has 4 nitrogen and oxygen atoms in total. The Labute approximate surface area is 177 Å². The molecule has 3 saturated carbocycles. The van der Waals surface area contributed by atoms with Gasteiger partial charge in [0.2, 0.25) is 11.8 Å². The standard InChI is InChI=1S/C25H42N2O2/c1-23(2,3)15-26-22(29)19-9-8-17-16-7-10-20-25(5,14-12-21(28)27(20)6)18(16)11-13-24(17,19)4/h16-20H,7-15H2,1-6H3,(H,26,29)/t16-,17-,18+,19?,20?,24-,25+/m0/s1. The van der Waals surface area contributed by atoms with Crippen molar-refractivity contribution in [2.75, 3.05) is 13.6 Å². The maximum absolute atomic E-state index is 13.1. The Morgan fingerprint density at radius 2 is 1.72 bits per heavy atom. The number of carbonyl (C=O) groups is 2. The maximum atomic E-state index is 13.1. The van der Waals surface area contributed by atoms with Gasteiger partial charge in [-0.15, -0.1) is 0 Å². The predicted molar refractivity (Wildman–Crippen MR) is 116 cm³/mol. The third-order valence-electron chi connectivity index (χ3n) is 9.67. The van der Waals surface area contributed by atoms with Gasteiger partial charge in [-0.1, -0.05) is 34.6 Å². The summed E-state index contributed by atoms with van der Waals surface area (Å²) in [6, 6.07) is 0.418. The van der Waals surface area contributed by atoms with Crippen LogP contribution >= 0.6 is 0 Å². The summed E-state index contributed by atoms with van der Waals surface area (Å²) in [7, 11) is 2.03. The van der Waals surface area contributed by atoms with Crippen LogP contribution in [0.5, 0.6) is 0 Å². The Morgan fingerprint density at radius 3 is 2.41 bits per heavy atom. The van der Waals surface area contributed by atoms with Gasteiger partial charge in [0, 0.05) is 32.0 Å². The Bertz CT molecular complexity index is 683. The van der Waals surface area contributed by atoms with Crippen LogP contribution in [-0.4, -0.2) is 36.3 Å². The molecule has 29 heavy (non-hydrogen) atoms. The topological polar surface area (TPSA) is 49.4 Å². The van der Waals surface area contributed by atoms with E-state index in [1.54, 1.807) is 0 Å². The van der Waals surface area contributed by atoms with Crippen LogP contribution in [0.15, 0.2) is 0 Å². The maximum Gasteiger partial charge on any atom is 0.223 e. The number of fused-ring (bicyclic) bond motifs is 5. The molecule has 4 heteroatoms. The normalized spacial score (nSPS) is 44.7. The van der Waals surface area contributed by atoms with Crippen molar-refractivity contribution in [3.8, 4) is 0 Å². The molecule has 2 amide bonds. The van der Waals surface area contributed by atoms with Crippen LogP contribution < -0.4 is 5.32 Å². The monoisotopic (exact) mass is 402 g/mol. The molecule has 0 aromatic heterocycles. The number of hydrogen-bond acceptors (Lipinski definition) is 2. The Kier molecular flexibility index (Phi) is 5.10. The molecule has 0 aromatic rings. The number of amides is 2. The fourth-order valence-corrected chi connectivity index (χ4v) is 8.06. The lowest BCUT2D eigenvalue weighted by Gasteiger charge is -2.61. The molecule has 4 fully saturated rings. The molecule has 0 bridgehead atoms. The highest BCUT2D eigenvalue weighted by Crippen LogP contribution is 2.66. The minimum absolute atomic E-state index is 0.129. The summed E-state index contributed by atoms with van der Waals surface area (Å²) in [5.41, 5.74) is 0.547. The van der Waals surface area contributed by atoms with Crippen LogP contribution in [0.4, 0.5) is 0 Å². The summed E-state index contributed by atoms with van der Waals surface area (Å²) in [4.78, 5) is 27.5. The fraction of sp³-hybridized carbons (Fsp3) is 0.920. The summed E-state index contributed by atoms with van der Waals surface area (Å²) in [5, 5.41) is 3.28. The molecule has 0 aromatic carbocycles. The lowest BCUT2D eigenvalue weighted by molar-refractivity contribution is -0.159. The van der Waals surface area contributed by atoms with Crippen molar-refractivity contribution in [3.63, 3.8) is 0 Å². The highest BCUT2D eigenvalue weighted by Gasteiger charge is 2.62. The summed E-state index contributed by atoms with van der Waals surface area (Å²) in [6.45, 7) is 12.2. The SMILES string of the molecule is CN1C(=O)CC[C@@]2(C)C1CC[C@@H]1[C@H]2CC[C@]2(C)C(C(=O)NCC(C)(C)C)CC[C@@H]12. The Hall–Kier alpha value is -1.06. The smallest absolute Gasteiger partial charge is 0.223 e. The quantitative estimate of drug-likeness (QED) is 0.732. The number of carbonyl (C=O) groups excluding carboxylic acids is 2. The molecule has 0 radical (unpaired) electrons. The van der Waals surface area contributed by atoms with E-state index in [1.165, 1.54) is 25.7 Å². The molecule has 4 rings (SSSR count). The van der Waals surface area contributed by atoms with E-state index in [9.17, 15) is 9.59 Å². The van der Waals surface area contributed by atoms with Gasteiger partial charge in [0.1, 0.15) is 0 Å². The molecule has 164 valence electrons. The number of hydrogen-bond donors (Lipinski definition) is 1. The van der Waals surface area contributed by atoms with Crippen molar-refractivity contribution in [1.82, 2.24) is 10.2 Å². The molecular formula is C25H42N2O2. The van der Waals surface area contributed by atoms with Crippen LogP contribution in [0.25, 0.3) is 0 Å². The van der Waals surface area contributed by atoms with E-state index in [4.69, 9.17) is 0 Å². The highest BCUT2D eigenvalue weighted by atomic mass is 16.2. The zero-order chi connectivity index (χ0) is 21.2. The third kappa shape index (κ3) is 3.33. The van der Waals surface area contributed by atoms with Crippen LogP contribution in [-0.2, 0) is 9.59 Å². The van der Waals surface area contributed by atoms with Crippen molar-refractivity contribution in [1.29, 1.82) is 0 Å². The van der Waals surface area contributed by atoms with Crippen molar-refractivity contribution < 1.29 is 9.59 Å². The zero-order valence-corrected chi connectivity index (χ0v) is 19.5. The zero-order valence-electron chi connectivity index (χ0n) is 19.5. The molecule has 4 aliphatic rings. The van der Waals surface area contributed by atoms with Gasteiger partial charge in [0.05, 0.1) is 0 Å². The number of likely N-dealkylation sites (tertiary alicyclic amines) is 1. The second-order valence-corrected chi connectivity index (χ2v) is 12.4. The van der Waals surface area contributed by atoms with Crippen molar-refractivity contribution in [2.24, 2.45) is 39.9 Å². The van der Waals surface area contributed by atoms with E-state index < -0.39 is 0 Å². The first-order valence-corrected chi connectivity index (χ1v) is 12.0. The first-order valence-electron chi connectivity index (χ1n) is 12.0. The van der Waals surface area contributed by atoms with Gasteiger partial charge in [-0.2, -0.15) is 0 Å². The van der Waals surface area contributed by atoms with Gasteiger partial charge in [0.15, 0.2) is 0 Å². The van der Waals surface area contributed by atoms with Gasteiger partial charge in [-0.05, 0) is 78.9 Å². The minimum Gasteiger partial charge on any atom is -0.355 e. The van der Waals surface area contributed by atoms with E-state index in [-0.39, 0.29) is 22.2 Å². The summed E-state index contributed by atoms with van der Waals surface area (Å²) in [5.74, 6) is 2.93. The number of piperidine rings is 1. The number of rotatable bonds is 2. The lowest BCUT2D eigenvalue weighted by atomic mass is 9.47. The molecule has 3 aliphatic carbocycles. The molecule has 1 aliphatic heterocycles. The molecule has 0 spiro atoms. The third-order valence-corrected chi connectivity index (χ3v) is 9.67. The first kappa shape index (κ1) is 21.2. The van der Waals surface area contributed by atoms with E-state index in [0.717, 1.165) is 31.7 Å².